The van der Waals surface area contributed by atoms with Crippen molar-refractivity contribution in [2.45, 2.75) is 45.3 Å². The van der Waals surface area contributed by atoms with Crippen molar-refractivity contribution in [3.63, 3.8) is 0 Å². The third-order valence-corrected chi connectivity index (χ3v) is 3.99. The number of hydrazine groups is 1. The van der Waals surface area contributed by atoms with E-state index in [1.165, 1.54) is 11.1 Å². The number of aryl methyl sites for hydroxylation is 1. The molecule has 1 aromatic carbocycles. The van der Waals surface area contributed by atoms with E-state index in [0.29, 0.717) is 12.0 Å². The van der Waals surface area contributed by atoms with E-state index >= 15 is 0 Å². The molecule has 0 spiro atoms. The highest BCUT2D eigenvalue weighted by molar-refractivity contribution is 5.27. The van der Waals surface area contributed by atoms with Crippen LogP contribution >= 0.6 is 0 Å². The van der Waals surface area contributed by atoms with Crippen LogP contribution in [0.5, 0.6) is 0 Å². The fourth-order valence-electron chi connectivity index (χ4n) is 2.94. The van der Waals surface area contributed by atoms with E-state index in [-0.39, 0.29) is 6.04 Å². The highest BCUT2D eigenvalue weighted by atomic mass is 16.5. The lowest BCUT2D eigenvalue weighted by Crippen LogP contribution is -2.36. The molecular formula is C15H24N2O. The molecule has 3 heteroatoms. The highest BCUT2D eigenvalue weighted by Crippen LogP contribution is 2.34. The topological polar surface area (TPSA) is 47.3 Å². The van der Waals surface area contributed by atoms with Crippen LogP contribution in [-0.2, 0) is 11.2 Å². The molecule has 0 bridgehead atoms. The number of benzene rings is 1. The Kier molecular flexibility index (Phi) is 4.75. The first-order valence-electron chi connectivity index (χ1n) is 6.96. The zero-order chi connectivity index (χ0) is 13.0. The van der Waals surface area contributed by atoms with Crippen LogP contribution in [0.1, 0.15) is 43.9 Å². The van der Waals surface area contributed by atoms with Gasteiger partial charge in [0.25, 0.3) is 0 Å². The van der Waals surface area contributed by atoms with Crippen molar-refractivity contribution >= 4 is 0 Å². The maximum atomic E-state index is 5.79. The summed E-state index contributed by atoms with van der Waals surface area (Å²) in [5, 5.41) is 0. The van der Waals surface area contributed by atoms with Crippen LogP contribution in [-0.4, -0.2) is 12.7 Å². The van der Waals surface area contributed by atoms with Crippen molar-refractivity contribution in [1.82, 2.24) is 5.43 Å². The summed E-state index contributed by atoms with van der Waals surface area (Å²) >= 11 is 0. The number of nitrogens with one attached hydrogen (secondary N) is 1. The summed E-state index contributed by atoms with van der Waals surface area (Å²) in [5.74, 6) is 6.27. The van der Waals surface area contributed by atoms with Gasteiger partial charge in [0.05, 0.1) is 12.1 Å². The van der Waals surface area contributed by atoms with E-state index in [9.17, 15) is 0 Å². The predicted octanol–water partition coefficient (Wildman–Crippen LogP) is 2.57. The summed E-state index contributed by atoms with van der Waals surface area (Å²) in [6, 6.07) is 8.91. The van der Waals surface area contributed by atoms with Gasteiger partial charge in [-0.2, -0.15) is 0 Å². The van der Waals surface area contributed by atoms with Crippen LogP contribution in [0, 0.1) is 5.92 Å². The molecule has 0 aromatic heterocycles. The molecule has 3 atom stereocenters. The Hall–Kier alpha value is -0.900. The highest BCUT2D eigenvalue weighted by Gasteiger charge is 2.33. The Morgan fingerprint density at radius 1 is 1.44 bits per heavy atom. The second-order valence-electron chi connectivity index (χ2n) is 5.01. The first kappa shape index (κ1) is 13.5. The molecular weight excluding hydrogens is 224 g/mol. The van der Waals surface area contributed by atoms with Crippen molar-refractivity contribution in [3.05, 3.63) is 35.4 Å². The van der Waals surface area contributed by atoms with Gasteiger partial charge >= 0.3 is 0 Å². The smallest absolute Gasteiger partial charge is 0.0620 e. The fraction of sp³-hybridized carbons (Fsp3) is 0.600. The zero-order valence-corrected chi connectivity index (χ0v) is 11.4. The van der Waals surface area contributed by atoms with Gasteiger partial charge in [0.15, 0.2) is 0 Å². The summed E-state index contributed by atoms with van der Waals surface area (Å²) in [5.41, 5.74) is 5.64. The van der Waals surface area contributed by atoms with E-state index in [0.717, 1.165) is 25.9 Å². The minimum atomic E-state index is 0.198. The van der Waals surface area contributed by atoms with Crippen LogP contribution in [0.3, 0.4) is 0 Å². The summed E-state index contributed by atoms with van der Waals surface area (Å²) in [4.78, 5) is 0. The largest absolute Gasteiger partial charge is 0.378 e. The van der Waals surface area contributed by atoms with Gasteiger partial charge in [0.1, 0.15) is 0 Å². The van der Waals surface area contributed by atoms with Gasteiger partial charge < -0.3 is 4.74 Å². The van der Waals surface area contributed by atoms with E-state index in [2.05, 4.69) is 43.5 Å². The Bertz CT molecular complexity index is 381. The van der Waals surface area contributed by atoms with Crippen molar-refractivity contribution in [2.24, 2.45) is 11.8 Å². The molecule has 3 unspecified atom stereocenters. The fourth-order valence-corrected chi connectivity index (χ4v) is 2.94. The van der Waals surface area contributed by atoms with E-state index in [1.807, 2.05) is 0 Å². The molecule has 0 saturated carbocycles. The SMILES string of the molecule is CCc1cccc(C(NN)C2CCOC2CC)c1. The third kappa shape index (κ3) is 2.74. The van der Waals surface area contributed by atoms with Gasteiger partial charge in [-0.1, -0.05) is 38.1 Å². The Balaban J connectivity index is 2.21. The van der Waals surface area contributed by atoms with E-state index < -0.39 is 0 Å². The molecule has 0 aliphatic carbocycles. The summed E-state index contributed by atoms with van der Waals surface area (Å²) < 4.78 is 5.78. The molecule has 1 saturated heterocycles. The van der Waals surface area contributed by atoms with Crippen LogP contribution in [0.25, 0.3) is 0 Å². The number of ether oxygens (including phenoxy) is 1. The van der Waals surface area contributed by atoms with Gasteiger partial charge in [-0.05, 0) is 30.4 Å². The number of nitrogens with two attached hydrogens (primary N) is 1. The van der Waals surface area contributed by atoms with Gasteiger partial charge in [-0.3, -0.25) is 11.3 Å². The third-order valence-electron chi connectivity index (χ3n) is 3.99. The van der Waals surface area contributed by atoms with Crippen LogP contribution in [0.4, 0.5) is 0 Å². The summed E-state index contributed by atoms with van der Waals surface area (Å²) in [6.07, 6.45) is 3.53. The Labute approximate surface area is 110 Å². The Morgan fingerprint density at radius 3 is 2.94 bits per heavy atom. The molecule has 100 valence electrons. The Morgan fingerprint density at radius 2 is 2.28 bits per heavy atom. The van der Waals surface area contributed by atoms with Crippen molar-refractivity contribution in [2.75, 3.05) is 6.61 Å². The van der Waals surface area contributed by atoms with Gasteiger partial charge in [-0.25, -0.2) is 0 Å². The van der Waals surface area contributed by atoms with Gasteiger partial charge in [-0.15, -0.1) is 0 Å². The molecule has 1 aliphatic rings. The number of hydrogen-bond acceptors (Lipinski definition) is 3. The summed E-state index contributed by atoms with van der Waals surface area (Å²) in [7, 11) is 0. The summed E-state index contributed by atoms with van der Waals surface area (Å²) in [6.45, 7) is 5.21. The molecule has 18 heavy (non-hydrogen) atoms. The minimum absolute atomic E-state index is 0.198. The molecule has 2 rings (SSSR count). The molecule has 1 aliphatic heterocycles. The number of rotatable bonds is 5. The van der Waals surface area contributed by atoms with Crippen LogP contribution in [0.2, 0.25) is 0 Å². The molecule has 3 nitrogen and oxygen atoms in total. The molecule has 3 N–H and O–H groups in total. The maximum absolute atomic E-state index is 5.79. The zero-order valence-electron chi connectivity index (χ0n) is 11.4. The molecule has 0 radical (unpaired) electrons. The molecule has 1 fully saturated rings. The monoisotopic (exact) mass is 248 g/mol. The van der Waals surface area contributed by atoms with Gasteiger partial charge in [0, 0.05) is 12.5 Å². The quantitative estimate of drug-likeness (QED) is 0.622. The lowest BCUT2D eigenvalue weighted by Gasteiger charge is -2.27. The standard InChI is InChI=1S/C15H24N2O/c1-3-11-6-5-7-12(10-11)15(17-16)13-8-9-18-14(13)4-2/h5-7,10,13-15,17H,3-4,8-9,16H2,1-2H3. The molecule has 0 amide bonds. The van der Waals surface area contributed by atoms with E-state index in [1.54, 1.807) is 0 Å². The van der Waals surface area contributed by atoms with Gasteiger partial charge in [0.2, 0.25) is 0 Å². The van der Waals surface area contributed by atoms with Crippen LogP contribution < -0.4 is 11.3 Å². The lowest BCUT2D eigenvalue weighted by molar-refractivity contribution is 0.0774. The van der Waals surface area contributed by atoms with E-state index in [4.69, 9.17) is 10.6 Å². The molecule has 1 aromatic rings. The lowest BCUT2D eigenvalue weighted by atomic mass is 9.86. The second-order valence-corrected chi connectivity index (χ2v) is 5.01. The average molecular weight is 248 g/mol. The maximum Gasteiger partial charge on any atom is 0.0620 e. The minimum Gasteiger partial charge on any atom is -0.378 e. The normalized spacial score (nSPS) is 25.3. The van der Waals surface area contributed by atoms with Crippen molar-refractivity contribution in [1.29, 1.82) is 0 Å². The average Bonchev–Trinajstić information content (AvgIpc) is 2.88. The van der Waals surface area contributed by atoms with Crippen LogP contribution in [0.15, 0.2) is 24.3 Å². The van der Waals surface area contributed by atoms with Crippen molar-refractivity contribution in [3.8, 4) is 0 Å². The number of hydrogen-bond donors (Lipinski definition) is 2. The first-order valence-corrected chi connectivity index (χ1v) is 6.96. The second kappa shape index (κ2) is 6.32. The predicted molar refractivity (Wildman–Crippen MR) is 74.0 cm³/mol. The van der Waals surface area contributed by atoms with Crippen molar-refractivity contribution < 1.29 is 4.74 Å². The molecule has 1 heterocycles. The first-order chi connectivity index (χ1) is 8.80.